The van der Waals surface area contributed by atoms with Gasteiger partial charge in [-0.3, -0.25) is 4.98 Å². The van der Waals surface area contributed by atoms with Crippen LogP contribution in [0, 0.1) is 0 Å². The molecule has 1 aliphatic carbocycles. The Morgan fingerprint density at radius 2 is 1.83 bits per heavy atom. The number of aromatic nitrogens is 1. The van der Waals surface area contributed by atoms with E-state index in [4.69, 9.17) is 9.31 Å². The third-order valence-corrected chi connectivity index (χ3v) is 4.53. The summed E-state index contributed by atoms with van der Waals surface area (Å²) < 4.78 is 12.2. The van der Waals surface area contributed by atoms with Crippen molar-refractivity contribution in [2.45, 2.75) is 57.1 Å². The van der Waals surface area contributed by atoms with E-state index in [1.54, 1.807) is 0 Å². The van der Waals surface area contributed by atoms with Crippen molar-refractivity contribution in [2.24, 2.45) is 0 Å². The quantitative estimate of drug-likeness (QED) is 0.750. The van der Waals surface area contributed by atoms with Crippen LogP contribution in [0.25, 0.3) is 0 Å². The van der Waals surface area contributed by atoms with E-state index >= 15 is 0 Å². The maximum Gasteiger partial charge on any atom is 0.461 e. The molecule has 1 aromatic heterocycles. The van der Waals surface area contributed by atoms with Gasteiger partial charge in [0.25, 0.3) is 0 Å². The van der Waals surface area contributed by atoms with Crippen LogP contribution >= 0.6 is 0 Å². The van der Waals surface area contributed by atoms with Gasteiger partial charge in [0.15, 0.2) is 0 Å². The van der Waals surface area contributed by atoms with E-state index in [9.17, 15) is 0 Å². The average Bonchev–Trinajstić information content (AvgIpc) is 3.04. The molecule has 3 nitrogen and oxygen atoms in total. The smallest absolute Gasteiger partial charge is 0.403 e. The Morgan fingerprint density at radius 1 is 1.17 bits per heavy atom. The van der Waals surface area contributed by atoms with Crippen LogP contribution in [0.2, 0.25) is 5.82 Å². The zero-order valence-electron chi connectivity index (χ0n) is 11.5. The molecular formula is C14H20BNO2. The van der Waals surface area contributed by atoms with Crippen LogP contribution in [0.3, 0.4) is 0 Å². The van der Waals surface area contributed by atoms with Crippen LogP contribution in [0.4, 0.5) is 0 Å². The summed E-state index contributed by atoms with van der Waals surface area (Å²) in [4.78, 5) is 4.42. The Bertz CT molecular complexity index is 430. The van der Waals surface area contributed by atoms with Gasteiger partial charge in [0.2, 0.25) is 0 Å². The molecule has 2 heterocycles. The first kappa shape index (κ1) is 12.2. The summed E-state index contributed by atoms with van der Waals surface area (Å²) in [5, 5.41) is 0. The summed E-state index contributed by atoms with van der Waals surface area (Å²) >= 11 is 0. The highest BCUT2D eigenvalue weighted by atomic mass is 16.7. The molecule has 1 saturated carbocycles. The minimum absolute atomic E-state index is 0.0815. The Balaban J connectivity index is 1.70. The third-order valence-electron chi connectivity index (χ3n) is 4.53. The highest BCUT2D eigenvalue weighted by Crippen LogP contribution is 2.57. The third kappa shape index (κ3) is 1.88. The van der Waals surface area contributed by atoms with Gasteiger partial charge in [0.1, 0.15) is 0 Å². The van der Waals surface area contributed by atoms with Crippen LogP contribution in [-0.4, -0.2) is 23.3 Å². The van der Waals surface area contributed by atoms with Gasteiger partial charge in [-0.15, -0.1) is 0 Å². The fraction of sp³-hybridized carbons (Fsp3) is 0.643. The minimum atomic E-state index is -0.227. The van der Waals surface area contributed by atoms with E-state index in [1.807, 2.05) is 18.3 Å². The van der Waals surface area contributed by atoms with Gasteiger partial charge in [-0.1, -0.05) is 6.07 Å². The number of hydrogen-bond acceptors (Lipinski definition) is 3. The summed E-state index contributed by atoms with van der Waals surface area (Å²) in [5.74, 6) is 0.960. The maximum atomic E-state index is 6.09. The van der Waals surface area contributed by atoms with Crippen molar-refractivity contribution in [3.05, 3.63) is 30.1 Å². The van der Waals surface area contributed by atoms with Crippen molar-refractivity contribution in [3.8, 4) is 0 Å². The van der Waals surface area contributed by atoms with E-state index in [0.29, 0.717) is 11.7 Å². The normalized spacial score (nSPS) is 32.6. The molecule has 1 aromatic rings. The molecule has 2 aliphatic rings. The van der Waals surface area contributed by atoms with Gasteiger partial charge in [-0.05, 0) is 46.2 Å². The van der Waals surface area contributed by atoms with Gasteiger partial charge >= 0.3 is 7.12 Å². The first-order valence-electron chi connectivity index (χ1n) is 6.67. The molecule has 3 rings (SSSR count). The molecule has 2 atom stereocenters. The molecule has 1 unspecified atom stereocenters. The van der Waals surface area contributed by atoms with Crippen molar-refractivity contribution >= 4 is 7.12 Å². The largest absolute Gasteiger partial charge is 0.461 e. The van der Waals surface area contributed by atoms with Crippen LogP contribution in [0.15, 0.2) is 24.4 Å². The second-order valence-corrected chi connectivity index (χ2v) is 6.39. The number of pyridine rings is 1. The number of nitrogens with zero attached hydrogens (tertiary/aromatic N) is 1. The van der Waals surface area contributed by atoms with Crippen LogP contribution < -0.4 is 0 Å². The number of rotatable bonds is 2. The molecule has 0 N–H and O–H groups in total. The molecule has 4 heteroatoms. The van der Waals surface area contributed by atoms with Crippen LogP contribution in [-0.2, 0) is 9.31 Å². The molecular weight excluding hydrogens is 225 g/mol. The molecule has 1 saturated heterocycles. The second-order valence-electron chi connectivity index (χ2n) is 6.39. The highest BCUT2D eigenvalue weighted by molar-refractivity contribution is 6.49. The zero-order chi connectivity index (χ0) is 13.0. The lowest BCUT2D eigenvalue weighted by Gasteiger charge is -2.32. The fourth-order valence-electron chi connectivity index (χ4n) is 2.51. The fourth-order valence-corrected chi connectivity index (χ4v) is 2.51. The lowest BCUT2D eigenvalue weighted by atomic mass is 9.80. The Kier molecular flexibility index (Phi) is 2.58. The minimum Gasteiger partial charge on any atom is -0.403 e. The monoisotopic (exact) mass is 245 g/mol. The zero-order valence-corrected chi connectivity index (χ0v) is 11.5. The average molecular weight is 245 g/mol. The molecule has 0 radical (unpaired) electrons. The molecule has 2 fully saturated rings. The molecule has 0 spiro atoms. The Labute approximate surface area is 109 Å². The topological polar surface area (TPSA) is 31.4 Å². The molecule has 0 aromatic carbocycles. The molecule has 1 aliphatic heterocycles. The summed E-state index contributed by atoms with van der Waals surface area (Å²) in [6, 6.07) is 6.09. The standard InChI is InChI=1S/C14H20BNO2/c1-13(2)14(3,4)18-15(17-13)11-9-10(11)12-7-5-6-8-16-12/h5-8,10-11H,9H2,1-4H3/t10?,11-/m0/s1. The molecule has 0 bridgehead atoms. The highest BCUT2D eigenvalue weighted by Gasteiger charge is 2.60. The van der Waals surface area contributed by atoms with Crippen molar-refractivity contribution < 1.29 is 9.31 Å². The molecule has 0 amide bonds. The van der Waals surface area contributed by atoms with Crippen LogP contribution in [0.5, 0.6) is 0 Å². The summed E-state index contributed by atoms with van der Waals surface area (Å²) in [6.07, 6.45) is 2.97. The van der Waals surface area contributed by atoms with Crippen molar-refractivity contribution in [1.82, 2.24) is 4.98 Å². The van der Waals surface area contributed by atoms with E-state index in [-0.39, 0.29) is 18.3 Å². The first-order valence-corrected chi connectivity index (χ1v) is 6.67. The lowest BCUT2D eigenvalue weighted by molar-refractivity contribution is 0.00578. The van der Waals surface area contributed by atoms with Gasteiger partial charge in [0, 0.05) is 23.6 Å². The van der Waals surface area contributed by atoms with Gasteiger partial charge < -0.3 is 9.31 Å². The van der Waals surface area contributed by atoms with Crippen LogP contribution in [0.1, 0.15) is 45.7 Å². The Morgan fingerprint density at radius 3 is 2.39 bits per heavy atom. The summed E-state index contributed by atoms with van der Waals surface area (Å²) in [6.45, 7) is 8.41. The first-order chi connectivity index (χ1) is 8.41. The molecule has 96 valence electrons. The second kappa shape index (κ2) is 3.81. The van der Waals surface area contributed by atoms with E-state index < -0.39 is 0 Å². The van der Waals surface area contributed by atoms with Crippen molar-refractivity contribution in [1.29, 1.82) is 0 Å². The van der Waals surface area contributed by atoms with Gasteiger partial charge in [0.05, 0.1) is 11.2 Å². The van der Waals surface area contributed by atoms with Gasteiger partial charge in [-0.2, -0.15) is 0 Å². The molecule has 18 heavy (non-hydrogen) atoms. The summed E-state index contributed by atoms with van der Waals surface area (Å²) in [7, 11) is -0.0815. The van der Waals surface area contributed by atoms with Crippen molar-refractivity contribution in [2.75, 3.05) is 0 Å². The predicted molar refractivity (Wildman–Crippen MR) is 71.4 cm³/mol. The SMILES string of the molecule is CC1(C)OB([C@H]2CC2c2ccccn2)OC1(C)C. The Hall–Kier alpha value is -0.865. The maximum absolute atomic E-state index is 6.09. The van der Waals surface area contributed by atoms with E-state index in [1.165, 1.54) is 0 Å². The number of hydrogen-bond donors (Lipinski definition) is 0. The van der Waals surface area contributed by atoms with Crippen molar-refractivity contribution in [3.63, 3.8) is 0 Å². The predicted octanol–water partition coefficient (Wildman–Crippen LogP) is 3.03. The lowest BCUT2D eigenvalue weighted by Crippen LogP contribution is -2.41. The summed E-state index contributed by atoms with van der Waals surface area (Å²) in [5.41, 5.74) is 0.710. The van der Waals surface area contributed by atoms with E-state index in [2.05, 4.69) is 38.7 Å². The van der Waals surface area contributed by atoms with E-state index in [0.717, 1.165) is 12.1 Å². The van der Waals surface area contributed by atoms with Gasteiger partial charge in [-0.25, -0.2) is 0 Å².